The molecule has 4 bridgehead atoms. The summed E-state index contributed by atoms with van der Waals surface area (Å²) in [7, 11) is 0. The summed E-state index contributed by atoms with van der Waals surface area (Å²) in [5, 5.41) is 0. The second kappa shape index (κ2) is 5.54. The van der Waals surface area contributed by atoms with Gasteiger partial charge in [-0.2, -0.15) is 0 Å². The smallest absolute Gasteiger partial charge is 0.0279 e. The molecule has 5 rings (SSSR count). The van der Waals surface area contributed by atoms with Crippen molar-refractivity contribution in [1.29, 1.82) is 0 Å². The number of unbranched alkanes of at least 4 members (excludes halogenated alkanes) is 1. The van der Waals surface area contributed by atoms with E-state index < -0.39 is 0 Å². The summed E-state index contributed by atoms with van der Waals surface area (Å²) in [5.74, 6) is 5.64. The van der Waals surface area contributed by atoms with Crippen LogP contribution in [-0.4, -0.2) is 0 Å². The molecule has 0 nitrogen and oxygen atoms in total. The highest BCUT2D eigenvalue weighted by atomic mass is 14.5. The SMILES string of the molecule is c1ccc(CCCCC2C3CC4CC(C3)CC2C4)cc1. The van der Waals surface area contributed by atoms with Crippen LogP contribution in [0.15, 0.2) is 30.3 Å². The second-order valence-electron chi connectivity index (χ2n) is 7.83. The van der Waals surface area contributed by atoms with Crippen molar-refractivity contribution in [2.24, 2.45) is 29.6 Å². The maximum atomic E-state index is 2.28. The lowest BCUT2D eigenvalue weighted by molar-refractivity contribution is -0.0404. The molecule has 0 aliphatic heterocycles. The Labute approximate surface area is 124 Å². The molecule has 0 saturated heterocycles. The van der Waals surface area contributed by atoms with Crippen LogP contribution in [0.3, 0.4) is 0 Å². The van der Waals surface area contributed by atoms with Crippen LogP contribution in [0.25, 0.3) is 0 Å². The van der Waals surface area contributed by atoms with Gasteiger partial charge >= 0.3 is 0 Å². The van der Waals surface area contributed by atoms with Gasteiger partial charge in [0.05, 0.1) is 0 Å². The van der Waals surface area contributed by atoms with Crippen LogP contribution < -0.4 is 0 Å². The van der Waals surface area contributed by atoms with E-state index in [0.29, 0.717) is 0 Å². The maximum absolute atomic E-state index is 2.28. The van der Waals surface area contributed by atoms with Gasteiger partial charge in [-0.05, 0) is 86.5 Å². The zero-order valence-corrected chi connectivity index (χ0v) is 12.6. The van der Waals surface area contributed by atoms with E-state index in [2.05, 4.69) is 30.3 Å². The average molecular weight is 268 g/mol. The Bertz CT molecular complexity index is 405. The molecule has 0 heterocycles. The maximum Gasteiger partial charge on any atom is -0.0279 e. The molecule has 0 heteroatoms. The molecule has 0 aromatic heterocycles. The molecule has 4 saturated carbocycles. The van der Waals surface area contributed by atoms with Crippen LogP contribution in [-0.2, 0) is 6.42 Å². The third-order valence-corrected chi connectivity index (χ3v) is 6.52. The molecule has 1 aromatic carbocycles. The third-order valence-electron chi connectivity index (χ3n) is 6.52. The second-order valence-corrected chi connectivity index (χ2v) is 7.83. The Morgan fingerprint density at radius 1 is 0.750 bits per heavy atom. The summed E-state index contributed by atoms with van der Waals surface area (Å²) in [5.41, 5.74) is 1.53. The number of rotatable bonds is 5. The highest BCUT2D eigenvalue weighted by Gasteiger charge is 2.47. The van der Waals surface area contributed by atoms with E-state index in [4.69, 9.17) is 0 Å². The zero-order valence-electron chi connectivity index (χ0n) is 12.6. The first-order valence-electron chi connectivity index (χ1n) is 8.92. The lowest BCUT2D eigenvalue weighted by Crippen LogP contribution is -2.44. The minimum Gasteiger partial charge on any atom is -0.0622 e. The van der Waals surface area contributed by atoms with Crippen molar-refractivity contribution in [3.63, 3.8) is 0 Å². The fourth-order valence-electron chi connectivity index (χ4n) is 5.86. The summed E-state index contributed by atoms with van der Waals surface area (Å²) in [6.45, 7) is 0. The summed E-state index contributed by atoms with van der Waals surface area (Å²) < 4.78 is 0. The van der Waals surface area contributed by atoms with Gasteiger partial charge in [0.25, 0.3) is 0 Å². The standard InChI is InChI=1S/C20H28/c1-2-6-15(7-3-1)8-4-5-9-20-18-11-16-10-17(13-18)14-19(20)12-16/h1-3,6-7,16-20H,4-5,8-14H2. The Balaban J connectivity index is 1.26. The Hall–Kier alpha value is -0.780. The van der Waals surface area contributed by atoms with Crippen LogP contribution in [0.5, 0.6) is 0 Å². The number of hydrogen-bond donors (Lipinski definition) is 0. The first-order valence-corrected chi connectivity index (χ1v) is 8.92. The van der Waals surface area contributed by atoms with Gasteiger partial charge in [0.15, 0.2) is 0 Å². The van der Waals surface area contributed by atoms with Crippen LogP contribution in [0.2, 0.25) is 0 Å². The van der Waals surface area contributed by atoms with Gasteiger partial charge in [-0.1, -0.05) is 36.8 Å². The van der Waals surface area contributed by atoms with Crippen LogP contribution >= 0.6 is 0 Å². The van der Waals surface area contributed by atoms with Crippen molar-refractivity contribution < 1.29 is 0 Å². The lowest BCUT2D eigenvalue weighted by Gasteiger charge is -2.54. The quantitative estimate of drug-likeness (QED) is 0.621. The van der Waals surface area contributed by atoms with Crippen molar-refractivity contribution in [3.05, 3.63) is 35.9 Å². The van der Waals surface area contributed by atoms with E-state index in [1.807, 2.05) is 0 Å². The lowest BCUT2D eigenvalue weighted by atomic mass is 9.51. The highest BCUT2D eigenvalue weighted by molar-refractivity contribution is 5.14. The van der Waals surface area contributed by atoms with E-state index in [0.717, 1.165) is 29.6 Å². The van der Waals surface area contributed by atoms with Crippen molar-refractivity contribution in [2.45, 2.75) is 57.8 Å². The van der Waals surface area contributed by atoms with Gasteiger partial charge in [-0.15, -0.1) is 0 Å². The first kappa shape index (κ1) is 12.9. The summed E-state index contributed by atoms with van der Waals surface area (Å²) in [4.78, 5) is 0. The summed E-state index contributed by atoms with van der Waals surface area (Å²) in [6.07, 6.45) is 13.6. The fraction of sp³-hybridized carbons (Fsp3) is 0.700. The minimum absolute atomic E-state index is 1.11. The molecular formula is C20H28. The van der Waals surface area contributed by atoms with E-state index in [-0.39, 0.29) is 0 Å². The molecule has 0 atom stereocenters. The molecule has 0 N–H and O–H groups in total. The van der Waals surface area contributed by atoms with Crippen LogP contribution in [0, 0.1) is 29.6 Å². The van der Waals surface area contributed by atoms with Crippen LogP contribution in [0.1, 0.15) is 56.9 Å². The Kier molecular flexibility index (Phi) is 3.58. The predicted molar refractivity (Wildman–Crippen MR) is 84.5 cm³/mol. The topological polar surface area (TPSA) is 0 Å². The predicted octanol–water partition coefficient (Wildman–Crippen LogP) is 5.47. The molecule has 0 unspecified atom stereocenters. The van der Waals surface area contributed by atoms with Crippen LogP contribution in [0.4, 0.5) is 0 Å². The molecule has 0 amide bonds. The van der Waals surface area contributed by atoms with Crippen molar-refractivity contribution >= 4 is 0 Å². The molecule has 4 aliphatic carbocycles. The van der Waals surface area contributed by atoms with Gasteiger partial charge in [0.1, 0.15) is 0 Å². The van der Waals surface area contributed by atoms with E-state index in [1.165, 1.54) is 31.2 Å². The van der Waals surface area contributed by atoms with Crippen molar-refractivity contribution in [3.8, 4) is 0 Å². The zero-order chi connectivity index (χ0) is 13.4. The van der Waals surface area contributed by atoms with Gasteiger partial charge in [0.2, 0.25) is 0 Å². The van der Waals surface area contributed by atoms with E-state index >= 15 is 0 Å². The first-order chi connectivity index (χ1) is 9.88. The van der Waals surface area contributed by atoms with Gasteiger partial charge < -0.3 is 0 Å². The molecule has 108 valence electrons. The minimum atomic E-state index is 1.11. The molecular weight excluding hydrogens is 240 g/mol. The fourth-order valence-corrected chi connectivity index (χ4v) is 5.86. The number of aryl methyl sites for hydroxylation is 1. The van der Waals surface area contributed by atoms with E-state index in [1.54, 1.807) is 32.1 Å². The molecule has 4 aliphatic rings. The molecule has 0 spiro atoms. The molecule has 20 heavy (non-hydrogen) atoms. The number of benzene rings is 1. The normalized spacial score (nSPS) is 38.3. The number of hydrogen-bond acceptors (Lipinski definition) is 0. The van der Waals surface area contributed by atoms with Crippen molar-refractivity contribution in [2.75, 3.05) is 0 Å². The Morgan fingerprint density at radius 3 is 2.05 bits per heavy atom. The Morgan fingerprint density at radius 2 is 1.40 bits per heavy atom. The van der Waals surface area contributed by atoms with E-state index in [9.17, 15) is 0 Å². The summed E-state index contributed by atoms with van der Waals surface area (Å²) in [6, 6.07) is 11.0. The molecule has 1 aromatic rings. The highest BCUT2D eigenvalue weighted by Crippen LogP contribution is 2.57. The average Bonchev–Trinajstić information content (AvgIpc) is 2.46. The molecule has 0 radical (unpaired) electrons. The van der Waals surface area contributed by atoms with Crippen molar-refractivity contribution in [1.82, 2.24) is 0 Å². The van der Waals surface area contributed by atoms with Gasteiger partial charge in [0, 0.05) is 0 Å². The monoisotopic (exact) mass is 268 g/mol. The van der Waals surface area contributed by atoms with Gasteiger partial charge in [-0.25, -0.2) is 0 Å². The third kappa shape index (κ3) is 2.54. The summed E-state index contributed by atoms with van der Waals surface area (Å²) >= 11 is 0. The largest absolute Gasteiger partial charge is 0.0622 e. The molecule has 4 fully saturated rings. The van der Waals surface area contributed by atoms with Gasteiger partial charge in [-0.3, -0.25) is 0 Å².